The van der Waals surface area contributed by atoms with Gasteiger partial charge in [0, 0.05) is 6.42 Å². The first-order valence-corrected chi connectivity index (χ1v) is 23.6. The third kappa shape index (κ3) is 38.4. The lowest BCUT2D eigenvalue weighted by atomic mass is 10.0. The number of rotatable bonds is 41. The molecule has 0 radical (unpaired) electrons. The molecule has 0 heterocycles. The van der Waals surface area contributed by atoms with E-state index >= 15 is 0 Å². The molecule has 0 spiro atoms. The molecule has 3 atom stereocenters. The summed E-state index contributed by atoms with van der Waals surface area (Å²) in [6, 6.07) is -0.736. The number of ether oxygens (including phenoxy) is 1. The minimum atomic E-state index is -0.814. The number of unbranched alkanes of at least 4 members (excludes halogenated alkanes) is 23. The number of carbonyl (C=O) groups excluding carboxylic acids is 2. The summed E-state index contributed by atoms with van der Waals surface area (Å²) in [5.41, 5.74) is 0. The van der Waals surface area contributed by atoms with Crippen molar-refractivity contribution < 1.29 is 24.5 Å². The minimum Gasteiger partial charge on any atom is -0.458 e. The molecule has 0 aliphatic heterocycles. The first-order valence-electron chi connectivity index (χ1n) is 23.6. The van der Waals surface area contributed by atoms with Gasteiger partial charge in [-0.2, -0.15) is 0 Å². The number of aliphatic hydroxyl groups excluding tert-OH is 2. The number of hydrogen-bond acceptors (Lipinski definition) is 5. The van der Waals surface area contributed by atoms with Gasteiger partial charge in [-0.25, -0.2) is 0 Å². The zero-order chi connectivity index (χ0) is 41.0. The lowest BCUT2D eigenvalue weighted by Crippen LogP contribution is -2.46. The highest BCUT2D eigenvalue weighted by Gasteiger charge is 2.23. The molecule has 0 aromatic carbocycles. The van der Waals surface area contributed by atoms with Crippen LogP contribution >= 0.6 is 0 Å². The molecule has 0 aromatic heterocycles. The van der Waals surface area contributed by atoms with E-state index in [2.05, 4.69) is 74.7 Å². The van der Waals surface area contributed by atoms with Crippen molar-refractivity contribution in [3.8, 4) is 0 Å². The number of hydrogen-bond donors (Lipinski definition) is 3. The van der Waals surface area contributed by atoms with Crippen molar-refractivity contribution in [1.29, 1.82) is 0 Å². The summed E-state index contributed by atoms with van der Waals surface area (Å²) >= 11 is 0. The second-order valence-electron chi connectivity index (χ2n) is 15.8. The van der Waals surface area contributed by atoms with Crippen LogP contribution in [0, 0.1) is 0 Å². The Morgan fingerprint density at radius 2 is 1.07 bits per heavy atom. The number of nitrogens with one attached hydrogen (secondary N) is 1. The number of carbonyl (C=O) groups is 2. The van der Waals surface area contributed by atoms with Crippen molar-refractivity contribution in [2.45, 2.75) is 238 Å². The maximum Gasteiger partial charge on any atom is 0.306 e. The zero-order valence-electron chi connectivity index (χ0n) is 36.8. The quantitative estimate of drug-likeness (QED) is 0.0248. The predicted molar refractivity (Wildman–Crippen MR) is 241 cm³/mol. The summed E-state index contributed by atoms with van der Waals surface area (Å²) in [5.74, 6) is -0.629. The van der Waals surface area contributed by atoms with Crippen molar-refractivity contribution in [1.82, 2.24) is 5.32 Å². The van der Waals surface area contributed by atoms with Crippen LogP contribution in [0.25, 0.3) is 0 Å². The summed E-state index contributed by atoms with van der Waals surface area (Å²) in [7, 11) is 0. The molecule has 0 aromatic rings. The highest BCUT2D eigenvalue weighted by atomic mass is 16.5. The fourth-order valence-corrected chi connectivity index (χ4v) is 6.81. The van der Waals surface area contributed by atoms with Crippen LogP contribution in [0.3, 0.4) is 0 Å². The molecular weight excluding hydrogens is 695 g/mol. The number of amides is 1. The Hall–Kier alpha value is -2.44. The topological polar surface area (TPSA) is 95.9 Å². The van der Waals surface area contributed by atoms with Gasteiger partial charge in [-0.05, 0) is 57.4 Å². The van der Waals surface area contributed by atoms with Gasteiger partial charge in [0.1, 0.15) is 6.10 Å². The van der Waals surface area contributed by atoms with Crippen LogP contribution in [0.4, 0.5) is 0 Å². The largest absolute Gasteiger partial charge is 0.458 e. The Morgan fingerprint density at radius 3 is 1.62 bits per heavy atom. The molecule has 0 rings (SSSR count). The lowest BCUT2D eigenvalue weighted by molar-refractivity contribution is -0.148. The molecular formula is C50H89NO5. The first kappa shape index (κ1) is 53.6. The van der Waals surface area contributed by atoms with Crippen molar-refractivity contribution in [3.05, 3.63) is 60.8 Å². The average Bonchev–Trinajstić information content (AvgIpc) is 3.19. The Morgan fingerprint density at radius 1 is 0.571 bits per heavy atom. The Balaban J connectivity index is 4.68. The number of aliphatic hydroxyl groups is 2. The standard InChI is InChI=1S/C50H89NO5/c1-4-7-10-13-16-19-22-24-27-30-33-36-39-42-48(53)47(45-52)51-49(54)44-46(41-38-35-32-29-26-21-18-15-12-9-6-3)56-50(55)43-40-37-34-31-28-25-23-20-17-14-11-8-5-2/h8,11,14,17,20,23,29,32,38,41,46-48,52-53H,4-7,9-10,12-13,15-16,18-19,21-22,24-28,30-31,33-37,39-40,42-45H2,1-3H3,(H,51,54)/b11-8+,17-14+,23-20-,32-29-,41-38+. The first-order chi connectivity index (χ1) is 27.5. The van der Waals surface area contributed by atoms with Gasteiger partial charge in [-0.1, -0.05) is 210 Å². The molecule has 3 unspecified atom stereocenters. The summed E-state index contributed by atoms with van der Waals surface area (Å²) in [6.07, 6.45) is 53.1. The van der Waals surface area contributed by atoms with Crippen molar-refractivity contribution >= 4 is 11.9 Å². The van der Waals surface area contributed by atoms with Crippen LogP contribution in [0.2, 0.25) is 0 Å². The molecule has 0 saturated heterocycles. The van der Waals surface area contributed by atoms with Crippen LogP contribution in [-0.4, -0.2) is 46.9 Å². The summed E-state index contributed by atoms with van der Waals surface area (Å²) in [4.78, 5) is 25.9. The molecule has 0 fully saturated rings. The van der Waals surface area contributed by atoms with Crippen molar-refractivity contribution in [2.24, 2.45) is 0 Å². The Labute approximate surface area is 346 Å². The number of allylic oxidation sites excluding steroid dienone is 9. The van der Waals surface area contributed by atoms with Gasteiger partial charge in [0.15, 0.2) is 0 Å². The van der Waals surface area contributed by atoms with Gasteiger partial charge in [0.05, 0.1) is 25.2 Å². The average molecular weight is 784 g/mol. The highest BCUT2D eigenvalue weighted by Crippen LogP contribution is 2.15. The minimum absolute atomic E-state index is 0.0384. The van der Waals surface area contributed by atoms with Gasteiger partial charge < -0.3 is 20.3 Å². The van der Waals surface area contributed by atoms with Gasteiger partial charge in [0.2, 0.25) is 5.91 Å². The Bertz CT molecular complexity index is 1010. The van der Waals surface area contributed by atoms with E-state index in [1.807, 2.05) is 12.2 Å². The molecule has 1 amide bonds. The molecule has 324 valence electrons. The summed E-state index contributed by atoms with van der Waals surface area (Å²) in [6.45, 7) is 6.29. The van der Waals surface area contributed by atoms with Crippen LogP contribution in [0.15, 0.2) is 60.8 Å². The normalized spacial score (nSPS) is 13.9. The SMILES string of the molecule is CC/C=C/C=C/C=C\CCCCCCCC(=O)OC(/C=C/C/C=C\CCCCCCCC)CC(=O)NC(CO)C(O)CCCCCCCCCCCCCCC. The lowest BCUT2D eigenvalue weighted by Gasteiger charge is -2.23. The predicted octanol–water partition coefficient (Wildman–Crippen LogP) is 13.7. The fraction of sp³-hybridized carbons (Fsp3) is 0.760. The van der Waals surface area contributed by atoms with E-state index in [0.29, 0.717) is 19.3 Å². The summed E-state index contributed by atoms with van der Waals surface area (Å²) in [5, 5.41) is 23.6. The second-order valence-corrected chi connectivity index (χ2v) is 15.8. The Kier molecular flexibility index (Phi) is 41.8. The number of esters is 1. The zero-order valence-corrected chi connectivity index (χ0v) is 36.8. The smallest absolute Gasteiger partial charge is 0.306 e. The van der Waals surface area contributed by atoms with Gasteiger partial charge >= 0.3 is 5.97 Å². The van der Waals surface area contributed by atoms with Crippen LogP contribution in [-0.2, 0) is 14.3 Å². The van der Waals surface area contributed by atoms with Gasteiger partial charge in [0.25, 0.3) is 0 Å². The highest BCUT2D eigenvalue weighted by molar-refractivity contribution is 5.78. The molecule has 3 N–H and O–H groups in total. The van der Waals surface area contributed by atoms with Gasteiger partial charge in [-0.3, -0.25) is 9.59 Å². The second kappa shape index (κ2) is 43.7. The van der Waals surface area contributed by atoms with E-state index in [4.69, 9.17) is 4.74 Å². The van der Waals surface area contributed by atoms with Crippen molar-refractivity contribution in [2.75, 3.05) is 6.61 Å². The van der Waals surface area contributed by atoms with E-state index in [1.54, 1.807) is 0 Å². The molecule has 6 nitrogen and oxygen atoms in total. The van der Waals surface area contributed by atoms with E-state index in [0.717, 1.165) is 70.6 Å². The van der Waals surface area contributed by atoms with E-state index in [-0.39, 0.29) is 24.9 Å². The van der Waals surface area contributed by atoms with E-state index in [9.17, 15) is 19.8 Å². The van der Waals surface area contributed by atoms with Gasteiger partial charge in [-0.15, -0.1) is 0 Å². The molecule has 0 saturated carbocycles. The van der Waals surface area contributed by atoms with Crippen molar-refractivity contribution in [3.63, 3.8) is 0 Å². The van der Waals surface area contributed by atoms with E-state index < -0.39 is 18.2 Å². The molecule has 0 bridgehead atoms. The van der Waals surface area contributed by atoms with E-state index in [1.165, 1.54) is 103 Å². The third-order valence-electron chi connectivity index (χ3n) is 10.4. The molecule has 6 heteroatoms. The van der Waals surface area contributed by atoms with Crippen LogP contribution < -0.4 is 5.32 Å². The van der Waals surface area contributed by atoms with Crippen LogP contribution in [0.5, 0.6) is 0 Å². The van der Waals surface area contributed by atoms with Crippen LogP contribution in [0.1, 0.15) is 220 Å². The molecule has 0 aliphatic rings. The molecule has 56 heavy (non-hydrogen) atoms. The summed E-state index contributed by atoms with van der Waals surface area (Å²) < 4.78 is 5.79. The maximum absolute atomic E-state index is 13.1. The third-order valence-corrected chi connectivity index (χ3v) is 10.4. The molecule has 0 aliphatic carbocycles. The fourth-order valence-electron chi connectivity index (χ4n) is 6.81. The monoisotopic (exact) mass is 784 g/mol. The maximum atomic E-state index is 13.1.